The van der Waals surface area contributed by atoms with Crippen LogP contribution in [0.2, 0.25) is 0 Å². The molecule has 0 aromatic carbocycles. The van der Waals surface area contributed by atoms with Gasteiger partial charge in [-0.1, -0.05) is 0 Å². The summed E-state index contributed by atoms with van der Waals surface area (Å²) in [5, 5.41) is 14.6. The number of aromatic nitrogens is 1. The van der Waals surface area contributed by atoms with Crippen LogP contribution in [0.15, 0.2) is 5.38 Å². The van der Waals surface area contributed by atoms with E-state index in [-0.39, 0.29) is 6.04 Å². The summed E-state index contributed by atoms with van der Waals surface area (Å²) < 4.78 is 0. The Morgan fingerprint density at radius 1 is 1.83 bits per heavy atom. The average molecular weight is 181 g/mol. The zero-order valence-electron chi connectivity index (χ0n) is 7.16. The SMILES string of the molecule is Cc1nc(CNC(C)C#N)cs1. The Labute approximate surface area is 76.1 Å². The van der Waals surface area contributed by atoms with Gasteiger partial charge in [-0.3, -0.25) is 5.32 Å². The van der Waals surface area contributed by atoms with Gasteiger partial charge < -0.3 is 0 Å². The summed E-state index contributed by atoms with van der Waals surface area (Å²) in [7, 11) is 0. The first-order chi connectivity index (χ1) is 5.72. The smallest absolute Gasteiger partial charge is 0.0927 e. The largest absolute Gasteiger partial charge is 0.296 e. The summed E-state index contributed by atoms with van der Waals surface area (Å²) in [4.78, 5) is 4.26. The van der Waals surface area contributed by atoms with Gasteiger partial charge in [0.25, 0.3) is 0 Å². The van der Waals surface area contributed by atoms with Gasteiger partial charge in [-0.2, -0.15) is 5.26 Å². The fourth-order valence-electron chi connectivity index (χ4n) is 0.793. The maximum Gasteiger partial charge on any atom is 0.0927 e. The Hall–Kier alpha value is -0.920. The maximum atomic E-state index is 8.49. The van der Waals surface area contributed by atoms with Gasteiger partial charge >= 0.3 is 0 Å². The first kappa shape index (κ1) is 9.17. The number of thiazole rings is 1. The van der Waals surface area contributed by atoms with Crippen molar-refractivity contribution in [3.8, 4) is 6.07 Å². The van der Waals surface area contributed by atoms with Crippen molar-refractivity contribution >= 4 is 11.3 Å². The number of nitrogens with one attached hydrogen (secondary N) is 1. The van der Waals surface area contributed by atoms with Crippen molar-refractivity contribution in [3.63, 3.8) is 0 Å². The molecule has 4 heteroatoms. The molecular weight excluding hydrogens is 170 g/mol. The Kier molecular flexibility index (Phi) is 3.20. The highest BCUT2D eigenvalue weighted by Gasteiger charge is 2.00. The lowest BCUT2D eigenvalue weighted by Crippen LogP contribution is -2.23. The molecule has 0 aliphatic carbocycles. The molecule has 1 rings (SSSR count). The molecular formula is C8H11N3S. The standard InChI is InChI=1S/C8H11N3S/c1-6(3-9)10-4-8-5-12-7(2)11-8/h5-6,10H,4H2,1-2H3. The average Bonchev–Trinajstić information content (AvgIpc) is 2.47. The summed E-state index contributed by atoms with van der Waals surface area (Å²) in [6.45, 7) is 4.49. The van der Waals surface area contributed by atoms with Crippen molar-refractivity contribution < 1.29 is 0 Å². The molecule has 3 nitrogen and oxygen atoms in total. The number of nitriles is 1. The molecule has 0 bridgehead atoms. The Morgan fingerprint density at radius 3 is 3.08 bits per heavy atom. The zero-order chi connectivity index (χ0) is 8.97. The van der Waals surface area contributed by atoms with E-state index in [1.165, 1.54) is 0 Å². The van der Waals surface area contributed by atoms with Crippen molar-refractivity contribution in [1.82, 2.24) is 10.3 Å². The van der Waals surface area contributed by atoms with Crippen molar-refractivity contribution in [2.45, 2.75) is 26.4 Å². The molecule has 1 unspecified atom stereocenters. The van der Waals surface area contributed by atoms with Crippen molar-refractivity contribution in [2.75, 3.05) is 0 Å². The van der Waals surface area contributed by atoms with Crippen LogP contribution in [-0.4, -0.2) is 11.0 Å². The molecule has 0 saturated heterocycles. The van der Waals surface area contributed by atoms with Gasteiger partial charge in [0.05, 0.1) is 22.8 Å². The van der Waals surface area contributed by atoms with E-state index in [9.17, 15) is 0 Å². The van der Waals surface area contributed by atoms with Gasteiger partial charge in [-0.25, -0.2) is 4.98 Å². The van der Waals surface area contributed by atoms with Crippen LogP contribution in [0.25, 0.3) is 0 Å². The topological polar surface area (TPSA) is 48.7 Å². The molecule has 12 heavy (non-hydrogen) atoms. The first-order valence-corrected chi connectivity index (χ1v) is 4.64. The molecule has 0 saturated carbocycles. The van der Waals surface area contributed by atoms with E-state index in [1.807, 2.05) is 19.2 Å². The highest BCUT2D eigenvalue weighted by molar-refractivity contribution is 7.09. The molecule has 64 valence electrons. The van der Waals surface area contributed by atoms with Gasteiger partial charge in [-0.15, -0.1) is 11.3 Å². The minimum Gasteiger partial charge on any atom is -0.296 e. The molecule has 0 aliphatic heterocycles. The van der Waals surface area contributed by atoms with Crippen LogP contribution in [-0.2, 0) is 6.54 Å². The van der Waals surface area contributed by atoms with Crippen molar-refractivity contribution in [1.29, 1.82) is 5.26 Å². The fraction of sp³-hybridized carbons (Fsp3) is 0.500. The minimum atomic E-state index is -0.105. The lowest BCUT2D eigenvalue weighted by atomic mass is 10.3. The number of rotatable bonds is 3. The minimum absolute atomic E-state index is 0.105. The summed E-state index contributed by atoms with van der Waals surface area (Å²) >= 11 is 1.63. The Bertz CT molecular complexity index is 287. The molecule has 0 fully saturated rings. The third-order valence-electron chi connectivity index (χ3n) is 1.45. The second kappa shape index (κ2) is 4.19. The van der Waals surface area contributed by atoms with Crippen LogP contribution < -0.4 is 5.32 Å². The van der Waals surface area contributed by atoms with E-state index in [4.69, 9.17) is 5.26 Å². The van der Waals surface area contributed by atoms with Gasteiger partial charge in [-0.05, 0) is 13.8 Å². The molecule has 1 atom stereocenters. The van der Waals surface area contributed by atoms with E-state index >= 15 is 0 Å². The second-order valence-corrected chi connectivity index (χ2v) is 3.65. The highest BCUT2D eigenvalue weighted by Crippen LogP contribution is 2.07. The Morgan fingerprint density at radius 2 is 2.58 bits per heavy atom. The number of hydrogen-bond donors (Lipinski definition) is 1. The number of hydrogen-bond acceptors (Lipinski definition) is 4. The third-order valence-corrected chi connectivity index (χ3v) is 2.27. The summed E-state index contributed by atoms with van der Waals surface area (Å²) in [6.07, 6.45) is 0. The van der Waals surface area contributed by atoms with Gasteiger partial charge in [0, 0.05) is 11.9 Å². The highest BCUT2D eigenvalue weighted by atomic mass is 32.1. The monoisotopic (exact) mass is 181 g/mol. The fourth-order valence-corrected chi connectivity index (χ4v) is 1.41. The third kappa shape index (κ3) is 2.61. The number of aryl methyl sites for hydroxylation is 1. The van der Waals surface area contributed by atoms with E-state index in [0.29, 0.717) is 6.54 Å². The summed E-state index contributed by atoms with van der Waals surface area (Å²) in [5.41, 5.74) is 1.01. The van der Waals surface area contributed by atoms with E-state index in [2.05, 4.69) is 16.4 Å². The van der Waals surface area contributed by atoms with Crippen molar-refractivity contribution in [3.05, 3.63) is 16.1 Å². The van der Waals surface area contributed by atoms with Gasteiger partial charge in [0.1, 0.15) is 0 Å². The molecule has 0 aliphatic rings. The first-order valence-electron chi connectivity index (χ1n) is 3.76. The summed E-state index contributed by atoms with van der Waals surface area (Å²) in [5.74, 6) is 0. The summed E-state index contributed by atoms with van der Waals surface area (Å²) in [6, 6.07) is 2.00. The lowest BCUT2D eigenvalue weighted by molar-refractivity contribution is 0.634. The molecule has 1 heterocycles. The van der Waals surface area contributed by atoms with Crippen LogP contribution in [0.4, 0.5) is 0 Å². The second-order valence-electron chi connectivity index (χ2n) is 2.59. The van der Waals surface area contributed by atoms with Crippen LogP contribution in [0, 0.1) is 18.3 Å². The molecule has 0 amide bonds. The number of nitrogens with zero attached hydrogens (tertiary/aromatic N) is 2. The van der Waals surface area contributed by atoms with E-state index < -0.39 is 0 Å². The molecule has 0 radical (unpaired) electrons. The van der Waals surface area contributed by atoms with Crippen LogP contribution in [0.1, 0.15) is 17.6 Å². The molecule has 0 spiro atoms. The predicted octanol–water partition coefficient (Wildman–Crippen LogP) is 1.45. The normalized spacial score (nSPS) is 12.4. The van der Waals surface area contributed by atoms with Gasteiger partial charge in [0.15, 0.2) is 0 Å². The zero-order valence-corrected chi connectivity index (χ0v) is 7.98. The lowest BCUT2D eigenvalue weighted by Gasteiger charge is -2.01. The van der Waals surface area contributed by atoms with Crippen molar-refractivity contribution in [2.24, 2.45) is 0 Å². The van der Waals surface area contributed by atoms with Crippen LogP contribution in [0.5, 0.6) is 0 Å². The van der Waals surface area contributed by atoms with E-state index in [0.717, 1.165) is 10.7 Å². The van der Waals surface area contributed by atoms with Crippen LogP contribution >= 0.6 is 11.3 Å². The molecule has 1 aromatic rings. The predicted molar refractivity (Wildman–Crippen MR) is 48.8 cm³/mol. The van der Waals surface area contributed by atoms with Gasteiger partial charge in [0.2, 0.25) is 0 Å². The molecule has 1 aromatic heterocycles. The van der Waals surface area contributed by atoms with E-state index in [1.54, 1.807) is 11.3 Å². The quantitative estimate of drug-likeness (QED) is 0.767. The molecule has 1 N–H and O–H groups in total. The van der Waals surface area contributed by atoms with Crippen LogP contribution in [0.3, 0.4) is 0 Å². The maximum absolute atomic E-state index is 8.49. The Balaban J connectivity index is 2.39.